The van der Waals surface area contributed by atoms with Gasteiger partial charge in [0.1, 0.15) is 0 Å². The highest BCUT2D eigenvalue weighted by Gasteiger charge is 2.44. The number of fused-ring (bicyclic) bond motifs is 2. The molecular weight excluding hydrogens is 212 g/mol. The van der Waals surface area contributed by atoms with Gasteiger partial charge in [-0.2, -0.15) is 0 Å². The number of nitrogens with two attached hydrogens (primary N) is 1. The van der Waals surface area contributed by atoms with Gasteiger partial charge in [0, 0.05) is 11.3 Å². The van der Waals surface area contributed by atoms with Crippen molar-refractivity contribution < 1.29 is 4.79 Å². The van der Waals surface area contributed by atoms with Crippen LogP contribution >= 0.6 is 0 Å². The lowest BCUT2D eigenvalue weighted by Crippen LogP contribution is -2.40. The minimum atomic E-state index is -0.120. The van der Waals surface area contributed by atoms with Crippen LogP contribution in [0.4, 0.5) is 5.69 Å². The number of hydrogen-bond acceptors (Lipinski definition) is 2. The first-order valence-corrected chi connectivity index (χ1v) is 6.35. The Hall–Kier alpha value is -1.51. The first kappa shape index (κ1) is 10.6. The van der Waals surface area contributed by atoms with Crippen molar-refractivity contribution in [3.05, 3.63) is 28.8 Å². The molecule has 3 N–H and O–H groups in total. The molecule has 0 radical (unpaired) electrons. The number of carbonyl (C=O) groups excluding carboxylic acids is 1. The molecule has 1 saturated carbocycles. The van der Waals surface area contributed by atoms with Gasteiger partial charge < -0.3 is 11.1 Å². The third-order valence-corrected chi connectivity index (χ3v) is 4.16. The summed E-state index contributed by atoms with van der Waals surface area (Å²) in [5.41, 5.74) is 9.57. The second-order valence-electron chi connectivity index (χ2n) is 5.36. The molecule has 1 heterocycles. The van der Waals surface area contributed by atoms with Crippen LogP contribution in [0.15, 0.2) is 12.1 Å². The molecular formula is C14H18N2O. The molecule has 1 spiro atoms. The van der Waals surface area contributed by atoms with Crippen LogP contribution in [0.3, 0.4) is 0 Å². The number of benzene rings is 1. The fourth-order valence-corrected chi connectivity index (χ4v) is 3.39. The maximum absolute atomic E-state index is 12.1. The number of anilines is 1. The van der Waals surface area contributed by atoms with E-state index in [0.717, 1.165) is 35.2 Å². The average Bonchev–Trinajstić information content (AvgIpc) is 2.53. The van der Waals surface area contributed by atoms with E-state index in [1.54, 1.807) is 0 Å². The second kappa shape index (κ2) is 3.49. The molecule has 1 aromatic rings. The Balaban J connectivity index is 2.18. The molecule has 3 heteroatoms. The van der Waals surface area contributed by atoms with Crippen LogP contribution in [-0.4, -0.2) is 5.91 Å². The molecule has 3 nitrogen and oxygen atoms in total. The van der Waals surface area contributed by atoms with Crippen molar-refractivity contribution in [2.24, 2.45) is 0 Å². The number of nitrogen functional groups attached to an aromatic ring is 1. The minimum Gasteiger partial charge on any atom is -0.399 e. The number of hydrogen-bond donors (Lipinski definition) is 2. The van der Waals surface area contributed by atoms with Crippen molar-refractivity contribution >= 4 is 11.6 Å². The predicted octanol–water partition coefficient (Wildman–Crippen LogP) is 2.48. The molecule has 17 heavy (non-hydrogen) atoms. The van der Waals surface area contributed by atoms with E-state index in [-0.39, 0.29) is 11.4 Å². The quantitative estimate of drug-likeness (QED) is 0.673. The molecule has 1 fully saturated rings. The highest BCUT2D eigenvalue weighted by atomic mass is 16.2. The van der Waals surface area contributed by atoms with Gasteiger partial charge in [-0.3, -0.25) is 4.79 Å². The van der Waals surface area contributed by atoms with Crippen molar-refractivity contribution in [1.82, 2.24) is 5.32 Å². The molecule has 1 aromatic carbocycles. The van der Waals surface area contributed by atoms with Crippen LogP contribution in [-0.2, 0) is 5.54 Å². The topological polar surface area (TPSA) is 55.1 Å². The third-order valence-electron chi connectivity index (χ3n) is 4.16. The Morgan fingerprint density at radius 2 is 1.94 bits per heavy atom. The monoisotopic (exact) mass is 230 g/mol. The van der Waals surface area contributed by atoms with Crippen molar-refractivity contribution in [2.45, 2.75) is 44.6 Å². The van der Waals surface area contributed by atoms with E-state index >= 15 is 0 Å². The Morgan fingerprint density at radius 1 is 1.24 bits per heavy atom. The number of carbonyl (C=O) groups is 1. The van der Waals surface area contributed by atoms with Crippen LogP contribution < -0.4 is 11.1 Å². The van der Waals surface area contributed by atoms with E-state index in [2.05, 4.69) is 5.32 Å². The van der Waals surface area contributed by atoms with Crippen LogP contribution in [0, 0.1) is 6.92 Å². The van der Waals surface area contributed by atoms with E-state index in [1.165, 1.54) is 19.3 Å². The van der Waals surface area contributed by atoms with E-state index in [1.807, 2.05) is 19.1 Å². The van der Waals surface area contributed by atoms with Crippen LogP contribution in [0.5, 0.6) is 0 Å². The predicted molar refractivity (Wildman–Crippen MR) is 67.8 cm³/mol. The Kier molecular flexibility index (Phi) is 2.18. The average molecular weight is 230 g/mol. The van der Waals surface area contributed by atoms with Gasteiger partial charge in [0.2, 0.25) is 0 Å². The van der Waals surface area contributed by atoms with Gasteiger partial charge in [-0.15, -0.1) is 0 Å². The number of rotatable bonds is 0. The SMILES string of the molecule is Cc1cc(N)cc2c1C(=O)NC21CCCCC1. The lowest BCUT2D eigenvalue weighted by Gasteiger charge is -2.34. The van der Waals surface area contributed by atoms with Crippen molar-refractivity contribution in [3.63, 3.8) is 0 Å². The molecule has 3 rings (SSSR count). The van der Waals surface area contributed by atoms with Crippen LogP contribution in [0.25, 0.3) is 0 Å². The van der Waals surface area contributed by atoms with E-state index < -0.39 is 0 Å². The van der Waals surface area contributed by atoms with Gasteiger partial charge in [0.15, 0.2) is 0 Å². The minimum absolute atomic E-state index is 0.0828. The second-order valence-corrected chi connectivity index (χ2v) is 5.36. The number of aryl methyl sites for hydroxylation is 1. The van der Waals surface area contributed by atoms with Crippen molar-refractivity contribution in [1.29, 1.82) is 0 Å². The van der Waals surface area contributed by atoms with Gasteiger partial charge >= 0.3 is 0 Å². The molecule has 0 aromatic heterocycles. The highest BCUT2D eigenvalue weighted by Crippen LogP contribution is 2.44. The van der Waals surface area contributed by atoms with Gasteiger partial charge in [0.05, 0.1) is 5.54 Å². The molecule has 0 unspecified atom stereocenters. The summed E-state index contributed by atoms with van der Waals surface area (Å²) in [5.74, 6) is 0.0828. The standard InChI is InChI=1S/C14H18N2O/c1-9-7-10(15)8-11-12(9)13(17)16-14(11)5-3-2-4-6-14/h7-8H,2-6,15H2,1H3,(H,16,17). The summed E-state index contributed by atoms with van der Waals surface area (Å²) in [7, 11) is 0. The smallest absolute Gasteiger partial charge is 0.252 e. The lowest BCUT2D eigenvalue weighted by molar-refractivity contribution is 0.0909. The molecule has 2 aliphatic rings. The molecule has 1 aliphatic carbocycles. The first-order chi connectivity index (χ1) is 8.12. The summed E-state index contributed by atoms with van der Waals surface area (Å²) < 4.78 is 0. The van der Waals surface area contributed by atoms with E-state index in [4.69, 9.17) is 5.73 Å². The number of amides is 1. The molecule has 0 bridgehead atoms. The maximum Gasteiger partial charge on any atom is 0.252 e. The van der Waals surface area contributed by atoms with E-state index in [0.29, 0.717) is 0 Å². The summed E-state index contributed by atoms with van der Waals surface area (Å²) in [6.07, 6.45) is 5.75. The Bertz CT molecular complexity index is 487. The van der Waals surface area contributed by atoms with Crippen molar-refractivity contribution in [3.8, 4) is 0 Å². The van der Waals surface area contributed by atoms with Gasteiger partial charge in [-0.05, 0) is 43.0 Å². The summed E-state index contributed by atoms with van der Waals surface area (Å²) in [4.78, 5) is 12.1. The van der Waals surface area contributed by atoms with Crippen molar-refractivity contribution in [2.75, 3.05) is 5.73 Å². The zero-order valence-electron chi connectivity index (χ0n) is 10.2. The largest absolute Gasteiger partial charge is 0.399 e. The van der Waals surface area contributed by atoms with Gasteiger partial charge in [-0.1, -0.05) is 19.3 Å². The van der Waals surface area contributed by atoms with Crippen LogP contribution in [0.2, 0.25) is 0 Å². The summed E-state index contributed by atoms with van der Waals surface area (Å²) >= 11 is 0. The summed E-state index contributed by atoms with van der Waals surface area (Å²) in [6, 6.07) is 3.88. The van der Waals surface area contributed by atoms with E-state index in [9.17, 15) is 4.79 Å². The molecule has 1 amide bonds. The number of nitrogens with one attached hydrogen (secondary N) is 1. The maximum atomic E-state index is 12.1. The zero-order valence-corrected chi connectivity index (χ0v) is 10.2. The lowest BCUT2D eigenvalue weighted by atomic mass is 9.77. The normalized spacial score (nSPS) is 21.4. The highest BCUT2D eigenvalue weighted by molar-refractivity contribution is 6.01. The molecule has 90 valence electrons. The molecule has 1 aliphatic heterocycles. The fraction of sp³-hybridized carbons (Fsp3) is 0.500. The Morgan fingerprint density at radius 3 is 2.65 bits per heavy atom. The Labute approximate surface area is 101 Å². The third kappa shape index (κ3) is 1.45. The van der Waals surface area contributed by atoms with Crippen LogP contribution in [0.1, 0.15) is 53.6 Å². The zero-order chi connectivity index (χ0) is 12.0. The fourth-order valence-electron chi connectivity index (χ4n) is 3.39. The first-order valence-electron chi connectivity index (χ1n) is 6.35. The van der Waals surface area contributed by atoms with Gasteiger partial charge in [0.25, 0.3) is 5.91 Å². The van der Waals surface area contributed by atoms with Gasteiger partial charge in [-0.25, -0.2) is 0 Å². The summed E-state index contributed by atoms with van der Waals surface area (Å²) in [6.45, 7) is 1.97. The summed E-state index contributed by atoms with van der Waals surface area (Å²) in [5, 5.41) is 3.21. The molecule has 0 atom stereocenters. The molecule has 0 saturated heterocycles.